The zero-order valence-electron chi connectivity index (χ0n) is 28.6. The molecule has 248 valence electrons. The highest BCUT2D eigenvalue weighted by Gasteiger charge is 2.20. The van der Waals surface area contributed by atoms with Gasteiger partial charge < -0.3 is 8.83 Å². The minimum atomic E-state index is 0.654. The van der Waals surface area contributed by atoms with Crippen LogP contribution in [0, 0.1) is 0 Å². The standard InChI is InChI=1S/C49H30N2O2/c1-2-10-32(11-3-1)42-25-26-43(35-20-19-31-18-17-30-9-4-5-12-36(30)41(31)27-35)51-49(50-42)40-14-8-16-45-48(40)39-24-22-34(29-47(39)53-45)33-21-23-38-37-13-6-7-15-44(37)52-46(38)28-33/h1-24,26-29H,25H2. The third-order valence-electron chi connectivity index (χ3n) is 10.6. The SMILES string of the molecule is C1=C(c2ccc3ccc4ccccc4c3c2)N=C(c2cccc3oc4cc(-c5ccc6c(c5)oc5ccccc56)ccc4c23)N=C(c2ccccc2)C1. The fourth-order valence-corrected chi connectivity index (χ4v) is 7.93. The first kappa shape index (κ1) is 29.7. The molecule has 0 atom stereocenters. The average Bonchev–Trinajstić information content (AvgIpc) is 3.70. The van der Waals surface area contributed by atoms with E-state index in [4.69, 9.17) is 18.8 Å². The molecule has 10 aromatic rings. The Morgan fingerprint density at radius 2 is 1.04 bits per heavy atom. The Morgan fingerprint density at radius 1 is 0.396 bits per heavy atom. The van der Waals surface area contributed by atoms with Crippen molar-refractivity contribution in [3.8, 4) is 11.1 Å². The lowest BCUT2D eigenvalue weighted by Crippen LogP contribution is -2.05. The first-order valence-corrected chi connectivity index (χ1v) is 17.9. The Balaban J connectivity index is 1.06. The number of para-hydroxylation sites is 1. The monoisotopic (exact) mass is 678 g/mol. The van der Waals surface area contributed by atoms with Crippen molar-refractivity contribution >= 4 is 82.7 Å². The van der Waals surface area contributed by atoms with Crippen LogP contribution in [0.4, 0.5) is 0 Å². The van der Waals surface area contributed by atoms with E-state index in [0.717, 1.165) is 83.1 Å². The Morgan fingerprint density at radius 3 is 1.91 bits per heavy atom. The van der Waals surface area contributed by atoms with Crippen LogP contribution >= 0.6 is 0 Å². The number of hydrogen-bond donors (Lipinski definition) is 0. The second kappa shape index (κ2) is 11.8. The molecule has 3 heterocycles. The number of nitrogens with zero attached hydrogens (tertiary/aromatic N) is 2. The van der Waals surface area contributed by atoms with E-state index in [9.17, 15) is 0 Å². The molecule has 0 unspecified atom stereocenters. The fraction of sp³-hybridized carbons (Fsp3) is 0.0204. The predicted molar refractivity (Wildman–Crippen MR) is 220 cm³/mol. The largest absolute Gasteiger partial charge is 0.456 e. The summed E-state index contributed by atoms with van der Waals surface area (Å²) in [7, 11) is 0. The van der Waals surface area contributed by atoms with Gasteiger partial charge in [-0.2, -0.15) is 0 Å². The molecular formula is C49H30N2O2. The molecule has 2 aromatic heterocycles. The topological polar surface area (TPSA) is 51.0 Å². The normalized spacial score (nSPS) is 13.5. The maximum Gasteiger partial charge on any atom is 0.160 e. The van der Waals surface area contributed by atoms with E-state index in [1.807, 2.05) is 36.4 Å². The number of fused-ring (bicyclic) bond motifs is 9. The van der Waals surface area contributed by atoms with Crippen molar-refractivity contribution < 1.29 is 8.83 Å². The Hall–Kier alpha value is -7.04. The maximum absolute atomic E-state index is 6.58. The predicted octanol–water partition coefficient (Wildman–Crippen LogP) is 13.1. The smallest absolute Gasteiger partial charge is 0.160 e. The van der Waals surface area contributed by atoms with E-state index < -0.39 is 0 Å². The summed E-state index contributed by atoms with van der Waals surface area (Å²) in [6, 6.07) is 57.2. The molecule has 4 nitrogen and oxygen atoms in total. The van der Waals surface area contributed by atoms with Crippen LogP contribution < -0.4 is 0 Å². The fourth-order valence-electron chi connectivity index (χ4n) is 7.93. The number of benzene rings is 8. The van der Waals surface area contributed by atoms with Crippen molar-refractivity contribution in [3.05, 3.63) is 187 Å². The van der Waals surface area contributed by atoms with E-state index in [1.54, 1.807) is 0 Å². The number of allylic oxidation sites excluding steroid dienone is 1. The second-order valence-electron chi connectivity index (χ2n) is 13.7. The molecule has 4 heteroatoms. The van der Waals surface area contributed by atoms with E-state index >= 15 is 0 Å². The van der Waals surface area contributed by atoms with Crippen LogP contribution in [0.1, 0.15) is 23.1 Å². The van der Waals surface area contributed by atoms with Crippen LogP contribution in [0.15, 0.2) is 189 Å². The second-order valence-corrected chi connectivity index (χ2v) is 13.7. The van der Waals surface area contributed by atoms with Gasteiger partial charge in [-0.05, 0) is 80.7 Å². The van der Waals surface area contributed by atoms with Gasteiger partial charge in [-0.1, -0.05) is 127 Å². The summed E-state index contributed by atoms with van der Waals surface area (Å²) in [6.45, 7) is 0. The first-order valence-electron chi connectivity index (χ1n) is 17.9. The number of rotatable bonds is 4. The van der Waals surface area contributed by atoms with Gasteiger partial charge in [0.1, 0.15) is 22.3 Å². The van der Waals surface area contributed by atoms with Gasteiger partial charge in [0.15, 0.2) is 5.84 Å². The zero-order chi connectivity index (χ0) is 34.9. The molecule has 0 saturated carbocycles. The lowest BCUT2D eigenvalue weighted by molar-refractivity contribution is 0.668. The minimum absolute atomic E-state index is 0.654. The maximum atomic E-state index is 6.58. The molecule has 8 aromatic carbocycles. The molecule has 0 fully saturated rings. The Kier molecular flexibility index (Phi) is 6.58. The molecule has 0 N–H and O–H groups in total. The molecule has 1 aliphatic rings. The van der Waals surface area contributed by atoms with Gasteiger partial charge in [-0.3, -0.25) is 0 Å². The van der Waals surface area contributed by atoms with Crippen LogP contribution in [0.25, 0.3) is 82.2 Å². The molecule has 0 radical (unpaired) electrons. The van der Waals surface area contributed by atoms with Crippen molar-refractivity contribution in [3.63, 3.8) is 0 Å². The zero-order valence-corrected chi connectivity index (χ0v) is 28.6. The van der Waals surface area contributed by atoms with Gasteiger partial charge in [0.2, 0.25) is 0 Å². The van der Waals surface area contributed by atoms with Crippen molar-refractivity contribution in [2.75, 3.05) is 0 Å². The van der Waals surface area contributed by atoms with Gasteiger partial charge >= 0.3 is 0 Å². The molecule has 0 spiro atoms. The molecule has 0 saturated heterocycles. The van der Waals surface area contributed by atoms with Crippen LogP contribution in [-0.4, -0.2) is 11.5 Å². The van der Waals surface area contributed by atoms with E-state index in [0.29, 0.717) is 12.3 Å². The van der Waals surface area contributed by atoms with Crippen molar-refractivity contribution in [1.29, 1.82) is 0 Å². The molecule has 11 rings (SSSR count). The summed E-state index contributed by atoms with van der Waals surface area (Å²) >= 11 is 0. The van der Waals surface area contributed by atoms with Crippen LogP contribution in [0.2, 0.25) is 0 Å². The van der Waals surface area contributed by atoms with Gasteiger partial charge in [-0.25, -0.2) is 9.98 Å². The molecule has 0 amide bonds. The van der Waals surface area contributed by atoms with Gasteiger partial charge in [0.25, 0.3) is 0 Å². The molecular weight excluding hydrogens is 649 g/mol. The number of furan rings is 2. The lowest BCUT2D eigenvalue weighted by atomic mass is 9.98. The Bertz CT molecular complexity index is 3200. The van der Waals surface area contributed by atoms with Crippen LogP contribution in [0.3, 0.4) is 0 Å². The van der Waals surface area contributed by atoms with E-state index in [2.05, 4.69) is 133 Å². The van der Waals surface area contributed by atoms with Gasteiger partial charge in [0.05, 0.1) is 11.4 Å². The number of amidine groups is 1. The first-order chi connectivity index (χ1) is 26.2. The summed E-state index contributed by atoms with van der Waals surface area (Å²) in [5.41, 5.74) is 10.5. The Labute approximate surface area is 304 Å². The van der Waals surface area contributed by atoms with Crippen LogP contribution in [0.5, 0.6) is 0 Å². The molecule has 0 bridgehead atoms. The summed E-state index contributed by atoms with van der Waals surface area (Å²) in [4.78, 5) is 10.7. The average molecular weight is 679 g/mol. The quantitative estimate of drug-likeness (QED) is 0.174. The van der Waals surface area contributed by atoms with E-state index in [-0.39, 0.29) is 0 Å². The van der Waals surface area contributed by atoms with E-state index in [1.165, 1.54) is 21.5 Å². The van der Waals surface area contributed by atoms with Crippen LogP contribution in [-0.2, 0) is 0 Å². The number of aliphatic imine (C=N–C) groups is 2. The van der Waals surface area contributed by atoms with Crippen molar-refractivity contribution in [1.82, 2.24) is 0 Å². The lowest BCUT2D eigenvalue weighted by Gasteiger charge is -2.09. The van der Waals surface area contributed by atoms with Gasteiger partial charge in [-0.15, -0.1) is 0 Å². The third-order valence-corrected chi connectivity index (χ3v) is 10.6. The third kappa shape index (κ3) is 4.91. The van der Waals surface area contributed by atoms with Crippen molar-refractivity contribution in [2.24, 2.45) is 9.98 Å². The minimum Gasteiger partial charge on any atom is -0.456 e. The highest BCUT2D eigenvalue weighted by atomic mass is 16.3. The summed E-state index contributed by atoms with van der Waals surface area (Å²) in [6.07, 6.45) is 2.87. The molecule has 1 aliphatic heterocycles. The van der Waals surface area contributed by atoms with Gasteiger partial charge in [0, 0.05) is 39.1 Å². The highest BCUT2D eigenvalue weighted by molar-refractivity contribution is 6.23. The number of hydrogen-bond acceptors (Lipinski definition) is 4. The summed E-state index contributed by atoms with van der Waals surface area (Å²) < 4.78 is 12.8. The summed E-state index contributed by atoms with van der Waals surface area (Å²) in [5, 5.41) is 9.15. The van der Waals surface area contributed by atoms with Crippen molar-refractivity contribution in [2.45, 2.75) is 6.42 Å². The summed E-state index contributed by atoms with van der Waals surface area (Å²) in [5.74, 6) is 0.665. The highest BCUT2D eigenvalue weighted by Crippen LogP contribution is 2.38. The molecule has 53 heavy (non-hydrogen) atoms. The molecule has 0 aliphatic carbocycles.